The zero-order valence-electron chi connectivity index (χ0n) is 12.1. The van der Waals surface area contributed by atoms with Crippen LogP contribution in [-0.2, 0) is 6.54 Å². The van der Waals surface area contributed by atoms with Crippen molar-refractivity contribution in [2.75, 3.05) is 5.73 Å². The highest BCUT2D eigenvalue weighted by Gasteiger charge is 2.11. The summed E-state index contributed by atoms with van der Waals surface area (Å²) in [6, 6.07) is 13.8. The van der Waals surface area contributed by atoms with Crippen molar-refractivity contribution < 1.29 is 0 Å². The van der Waals surface area contributed by atoms with Gasteiger partial charge in [-0.15, -0.1) is 0 Å². The molecule has 2 N–H and O–H groups in total. The van der Waals surface area contributed by atoms with Crippen LogP contribution in [0.2, 0.25) is 0 Å². The standard InChI is InChI=1S/C17H16N4/c1-11-4-3-5-13(9-18)16(11)10-21-17-8-14(19)6-7-15(17)12(2)20-21/h3-8H,10,19H2,1-2H3. The summed E-state index contributed by atoms with van der Waals surface area (Å²) in [5.41, 5.74) is 11.4. The molecule has 1 heterocycles. The van der Waals surface area contributed by atoms with Gasteiger partial charge >= 0.3 is 0 Å². The maximum Gasteiger partial charge on any atom is 0.0995 e. The van der Waals surface area contributed by atoms with Crippen molar-refractivity contribution >= 4 is 16.6 Å². The van der Waals surface area contributed by atoms with E-state index in [9.17, 15) is 5.26 Å². The third-order valence-corrected chi connectivity index (χ3v) is 3.80. The third-order valence-electron chi connectivity index (χ3n) is 3.80. The first-order valence-electron chi connectivity index (χ1n) is 6.81. The van der Waals surface area contributed by atoms with Gasteiger partial charge in [0.25, 0.3) is 0 Å². The van der Waals surface area contributed by atoms with E-state index in [-0.39, 0.29) is 0 Å². The second-order valence-corrected chi connectivity index (χ2v) is 5.23. The Morgan fingerprint density at radius 1 is 1.24 bits per heavy atom. The Labute approximate surface area is 123 Å². The minimum atomic E-state index is 0.573. The van der Waals surface area contributed by atoms with Gasteiger partial charge in [-0.3, -0.25) is 4.68 Å². The van der Waals surface area contributed by atoms with Gasteiger partial charge in [0.1, 0.15) is 0 Å². The van der Waals surface area contributed by atoms with E-state index in [4.69, 9.17) is 5.73 Å². The number of aromatic nitrogens is 2. The summed E-state index contributed by atoms with van der Waals surface area (Å²) in [5, 5.41) is 15.0. The van der Waals surface area contributed by atoms with Crippen LogP contribution < -0.4 is 5.73 Å². The van der Waals surface area contributed by atoms with Gasteiger partial charge in [-0.2, -0.15) is 10.4 Å². The van der Waals surface area contributed by atoms with Crippen LogP contribution in [0, 0.1) is 25.2 Å². The van der Waals surface area contributed by atoms with Crippen LogP contribution in [0.25, 0.3) is 10.9 Å². The Balaban J connectivity index is 2.16. The summed E-state index contributed by atoms with van der Waals surface area (Å²) in [4.78, 5) is 0. The Morgan fingerprint density at radius 3 is 2.81 bits per heavy atom. The van der Waals surface area contributed by atoms with Crippen molar-refractivity contribution in [2.45, 2.75) is 20.4 Å². The molecule has 0 spiro atoms. The zero-order chi connectivity index (χ0) is 15.0. The first-order valence-corrected chi connectivity index (χ1v) is 6.81. The molecular weight excluding hydrogens is 260 g/mol. The summed E-state index contributed by atoms with van der Waals surface area (Å²) < 4.78 is 1.92. The molecule has 0 aliphatic rings. The van der Waals surface area contributed by atoms with Crippen LogP contribution in [0.3, 0.4) is 0 Å². The number of nitrogen functional groups attached to an aromatic ring is 1. The second kappa shape index (κ2) is 4.95. The summed E-state index contributed by atoms with van der Waals surface area (Å²) in [6.45, 7) is 4.57. The fourth-order valence-corrected chi connectivity index (χ4v) is 2.64. The molecule has 0 fully saturated rings. The minimum Gasteiger partial charge on any atom is -0.399 e. The lowest BCUT2D eigenvalue weighted by molar-refractivity contribution is 0.699. The van der Waals surface area contributed by atoms with E-state index in [0.717, 1.165) is 27.7 Å². The van der Waals surface area contributed by atoms with Crippen molar-refractivity contribution in [3.05, 3.63) is 58.8 Å². The number of nitriles is 1. The molecule has 0 amide bonds. The quantitative estimate of drug-likeness (QED) is 0.731. The number of anilines is 1. The number of benzene rings is 2. The first kappa shape index (κ1) is 13.2. The zero-order valence-corrected chi connectivity index (χ0v) is 12.1. The summed E-state index contributed by atoms with van der Waals surface area (Å²) in [6.07, 6.45) is 0. The SMILES string of the molecule is Cc1cccc(C#N)c1Cn1nc(C)c2ccc(N)cc21. The monoisotopic (exact) mass is 276 g/mol. The fourth-order valence-electron chi connectivity index (χ4n) is 2.64. The number of fused-ring (bicyclic) bond motifs is 1. The first-order chi connectivity index (χ1) is 10.1. The van der Waals surface area contributed by atoms with E-state index in [2.05, 4.69) is 11.2 Å². The fraction of sp³-hybridized carbons (Fsp3) is 0.176. The summed E-state index contributed by atoms with van der Waals surface area (Å²) in [5.74, 6) is 0. The van der Waals surface area contributed by atoms with Crippen LogP contribution >= 0.6 is 0 Å². The normalized spacial score (nSPS) is 10.7. The van der Waals surface area contributed by atoms with Crippen molar-refractivity contribution in [1.29, 1.82) is 5.26 Å². The van der Waals surface area contributed by atoms with Crippen molar-refractivity contribution in [3.8, 4) is 6.07 Å². The molecule has 0 saturated heterocycles. The van der Waals surface area contributed by atoms with Crippen LogP contribution in [0.5, 0.6) is 0 Å². The predicted octanol–water partition coefficient (Wildman–Crippen LogP) is 3.16. The van der Waals surface area contributed by atoms with Crippen molar-refractivity contribution in [1.82, 2.24) is 9.78 Å². The molecule has 3 aromatic rings. The lowest BCUT2D eigenvalue weighted by Crippen LogP contribution is -2.05. The maximum atomic E-state index is 9.28. The Morgan fingerprint density at radius 2 is 2.05 bits per heavy atom. The van der Waals surface area contributed by atoms with Gasteiger partial charge in [0.2, 0.25) is 0 Å². The minimum absolute atomic E-state index is 0.573. The van der Waals surface area contributed by atoms with Crippen LogP contribution in [-0.4, -0.2) is 9.78 Å². The molecule has 3 rings (SSSR count). The molecule has 2 aromatic carbocycles. The van der Waals surface area contributed by atoms with Crippen LogP contribution in [0.15, 0.2) is 36.4 Å². The molecule has 4 nitrogen and oxygen atoms in total. The maximum absolute atomic E-state index is 9.28. The van der Waals surface area contributed by atoms with Gasteiger partial charge < -0.3 is 5.73 Å². The smallest absolute Gasteiger partial charge is 0.0995 e. The van der Waals surface area contributed by atoms with E-state index < -0.39 is 0 Å². The number of aryl methyl sites for hydroxylation is 2. The molecule has 104 valence electrons. The highest BCUT2D eigenvalue weighted by atomic mass is 15.3. The average molecular weight is 276 g/mol. The van der Waals surface area contributed by atoms with Gasteiger partial charge in [-0.1, -0.05) is 12.1 Å². The number of rotatable bonds is 2. The lowest BCUT2D eigenvalue weighted by Gasteiger charge is -2.09. The van der Waals surface area contributed by atoms with Crippen molar-refractivity contribution in [2.24, 2.45) is 0 Å². The van der Waals surface area contributed by atoms with E-state index in [1.807, 2.05) is 54.9 Å². The Bertz CT molecular complexity index is 868. The van der Waals surface area contributed by atoms with Gasteiger partial charge in [0, 0.05) is 11.1 Å². The molecule has 4 heteroatoms. The van der Waals surface area contributed by atoms with Gasteiger partial charge in [0.15, 0.2) is 0 Å². The van der Waals surface area contributed by atoms with Gasteiger partial charge in [-0.05, 0) is 49.2 Å². The van der Waals surface area contributed by atoms with Gasteiger partial charge in [0.05, 0.1) is 29.4 Å². The summed E-state index contributed by atoms with van der Waals surface area (Å²) >= 11 is 0. The number of nitrogens with zero attached hydrogens (tertiary/aromatic N) is 3. The molecule has 0 atom stereocenters. The molecule has 0 bridgehead atoms. The van der Waals surface area contributed by atoms with Gasteiger partial charge in [-0.25, -0.2) is 0 Å². The van der Waals surface area contributed by atoms with E-state index in [1.165, 1.54) is 0 Å². The molecular formula is C17H16N4. The molecule has 0 unspecified atom stereocenters. The third kappa shape index (κ3) is 2.23. The average Bonchev–Trinajstić information content (AvgIpc) is 2.77. The topological polar surface area (TPSA) is 67.6 Å². The number of hydrogen-bond acceptors (Lipinski definition) is 3. The molecule has 0 aliphatic heterocycles. The van der Waals surface area contributed by atoms with E-state index in [1.54, 1.807) is 0 Å². The van der Waals surface area contributed by atoms with E-state index in [0.29, 0.717) is 17.8 Å². The molecule has 21 heavy (non-hydrogen) atoms. The number of hydrogen-bond donors (Lipinski definition) is 1. The highest BCUT2D eigenvalue weighted by molar-refractivity contribution is 5.84. The Hall–Kier alpha value is -2.80. The molecule has 0 aliphatic carbocycles. The molecule has 0 saturated carbocycles. The summed E-state index contributed by atoms with van der Waals surface area (Å²) in [7, 11) is 0. The molecule has 0 radical (unpaired) electrons. The lowest BCUT2D eigenvalue weighted by atomic mass is 10.0. The largest absolute Gasteiger partial charge is 0.399 e. The second-order valence-electron chi connectivity index (χ2n) is 5.23. The molecule has 1 aromatic heterocycles. The highest BCUT2D eigenvalue weighted by Crippen LogP contribution is 2.23. The Kier molecular flexibility index (Phi) is 3.11. The number of nitrogens with two attached hydrogens (primary N) is 1. The van der Waals surface area contributed by atoms with Crippen LogP contribution in [0.1, 0.15) is 22.4 Å². The van der Waals surface area contributed by atoms with E-state index >= 15 is 0 Å². The van der Waals surface area contributed by atoms with Crippen LogP contribution in [0.4, 0.5) is 5.69 Å². The van der Waals surface area contributed by atoms with Crippen molar-refractivity contribution in [3.63, 3.8) is 0 Å². The predicted molar refractivity (Wildman–Crippen MR) is 83.9 cm³/mol.